The van der Waals surface area contributed by atoms with Crippen molar-refractivity contribution in [2.75, 3.05) is 6.54 Å². The molecule has 2 aliphatic rings. The van der Waals surface area contributed by atoms with Crippen LogP contribution in [0.1, 0.15) is 32.1 Å². The van der Waals surface area contributed by atoms with E-state index in [0.29, 0.717) is 0 Å². The van der Waals surface area contributed by atoms with E-state index >= 15 is 0 Å². The molecule has 0 amide bonds. The molecule has 1 atom stereocenters. The highest BCUT2D eigenvalue weighted by Crippen LogP contribution is 2.21. The van der Waals surface area contributed by atoms with Gasteiger partial charge in [-0.2, -0.15) is 0 Å². The average molecular weight is 151 g/mol. The highest BCUT2D eigenvalue weighted by atomic mass is 14.9. The van der Waals surface area contributed by atoms with Crippen molar-refractivity contribution in [3.8, 4) is 0 Å². The van der Waals surface area contributed by atoms with Gasteiger partial charge in [0, 0.05) is 12.6 Å². The predicted molar refractivity (Wildman–Crippen MR) is 47.5 cm³/mol. The Morgan fingerprint density at radius 3 is 2.82 bits per heavy atom. The average Bonchev–Trinajstić information content (AvgIpc) is 2.86. The lowest BCUT2D eigenvalue weighted by atomic mass is 9.96. The van der Waals surface area contributed by atoms with E-state index in [9.17, 15) is 0 Å². The third-order valence-corrected chi connectivity index (χ3v) is 2.60. The fraction of sp³-hybridized carbons (Fsp3) is 0.800. The molecule has 62 valence electrons. The molecule has 1 fully saturated rings. The molecule has 1 heteroatoms. The van der Waals surface area contributed by atoms with Gasteiger partial charge in [0.15, 0.2) is 0 Å². The zero-order valence-corrected chi connectivity index (χ0v) is 7.05. The normalized spacial score (nSPS) is 30.7. The van der Waals surface area contributed by atoms with Gasteiger partial charge in [-0.05, 0) is 38.0 Å². The van der Waals surface area contributed by atoms with Crippen LogP contribution in [0.2, 0.25) is 0 Å². The van der Waals surface area contributed by atoms with Crippen LogP contribution in [-0.4, -0.2) is 12.6 Å². The van der Waals surface area contributed by atoms with E-state index in [2.05, 4.69) is 17.5 Å². The first kappa shape index (κ1) is 7.35. The highest BCUT2D eigenvalue weighted by molar-refractivity contribution is 4.95. The lowest BCUT2D eigenvalue weighted by Gasteiger charge is -2.16. The third-order valence-electron chi connectivity index (χ3n) is 2.60. The van der Waals surface area contributed by atoms with Gasteiger partial charge in [-0.25, -0.2) is 0 Å². The van der Waals surface area contributed by atoms with Crippen LogP contribution < -0.4 is 5.32 Å². The molecule has 0 heterocycles. The summed E-state index contributed by atoms with van der Waals surface area (Å²) in [6, 6.07) is 0.880. The summed E-state index contributed by atoms with van der Waals surface area (Å²) in [4.78, 5) is 0. The first-order chi connectivity index (χ1) is 5.45. The first-order valence-corrected chi connectivity index (χ1v) is 4.85. The van der Waals surface area contributed by atoms with Gasteiger partial charge in [0.25, 0.3) is 0 Å². The van der Waals surface area contributed by atoms with Crippen molar-refractivity contribution in [1.82, 2.24) is 5.32 Å². The Kier molecular flexibility index (Phi) is 2.27. The smallest absolute Gasteiger partial charge is 0.00684 e. The summed E-state index contributed by atoms with van der Waals surface area (Å²) >= 11 is 0. The van der Waals surface area contributed by atoms with E-state index in [1.807, 2.05) is 0 Å². The molecule has 1 N–H and O–H groups in total. The van der Waals surface area contributed by atoms with Crippen molar-refractivity contribution >= 4 is 0 Å². The minimum Gasteiger partial charge on any atom is -0.313 e. The van der Waals surface area contributed by atoms with Crippen LogP contribution in [-0.2, 0) is 0 Å². The summed E-state index contributed by atoms with van der Waals surface area (Å²) in [5, 5.41) is 3.58. The maximum atomic E-state index is 3.58. The Labute approximate surface area is 68.9 Å². The van der Waals surface area contributed by atoms with Crippen LogP contribution in [0.4, 0.5) is 0 Å². The van der Waals surface area contributed by atoms with E-state index in [4.69, 9.17) is 0 Å². The number of hydrogen-bond acceptors (Lipinski definition) is 1. The minimum absolute atomic E-state index is 0.837. The predicted octanol–water partition coefficient (Wildman–Crippen LogP) is 2.09. The zero-order valence-electron chi connectivity index (χ0n) is 7.05. The second-order valence-electron chi connectivity index (χ2n) is 3.80. The Morgan fingerprint density at radius 1 is 1.27 bits per heavy atom. The maximum absolute atomic E-state index is 3.58. The monoisotopic (exact) mass is 151 g/mol. The molecular formula is C10H17N. The van der Waals surface area contributed by atoms with E-state index in [0.717, 1.165) is 12.0 Å². The Hall–Kier alpha value is -0.300. The summed E-state index contributed by atoms with van der Waals surface area (Å²) in [7, 11) is 0. The molecule has 0 spiro atoms. The van der Waals surface area contributed by atoms with Crippen LogP contribution in [0.15, 0.2) is 12.2 Å². The Morgan fingerprint density at radius 2 is 2.18 bits per heavy atom. The molecule has 0 bridgehead atoms. The molecule has 0 saturated heterocycles. The summed E-state index contributed by atoms with van der Waals surface area (Å²) in [5.74, 6) is 0.837. The molecule has 0 aromatic carbocycles. The number of hydrogen-bond donors (Lipinski definition) is 1. The van der Waals surface area contributed by atoms with Gasteiger partial charge in [-0.3, -0.25) is 0 Å². The standard InChI is InChI=1S/C10H17N/c1-2-4-9(5-3-1)8-11-10-6-7-10/h2,4,9-11H,1,3,5-8H2. The summed E-state index contributed by atoms with van der Waals surface area (Å²) < 4.78 is 0. The number of rotatable bonds is 3. The van der Waals surface area contributed by atoms with Crippen LogP contribution in [0.25, 0.3) is 0 Å². The fourth-order valence-electron chi connectivity index (χ4n) is 1.66. The van der Waals surface area contributed by atoms with Gasteiger partial charge < -0.3 is 5.32 Å². The van der Waals surface area contributed by atoms with Crippen molar-refractivity contribution in [2.45, 2.75) is 38.1 Å². The summed E-state index contributed by atoms with van der Waals surface area (Å²) in [5.41, 5.74) is 0. The maximum Gasteiger partial charge on any atom is 0.00684 e. The molecule has 0 aromatic rings. The van der Waals surface area contributed by atoms with Crippen LogP contribution in [0.3, 0.4) is 0 Å². The molecule has 11 heavy (non-hydrogen) atoms. The van der Waals surface area contributed by atoms with E-state index in [1.165, 1.54) is 38.6 Å². The number of allylic oxidation sites excluding steroid dienone is 1. The molecule has 2 rings (SSSR count). The highest BCUT2D eigenvalue weighted by Gasteiger charge is 2.21. The van der Waals surface area contributed by atoms with Crippen LogP contribution in [0.5, 0.6) is 0 Å². The van der Waals surface area contributed by atoms with Gasteiger partial charge in [0.1, 0.15) is 0 Å². The largest absolute Gasteiger partial charge is 0.313 e. The SMILES string of the molecule is C1=CC(CNC2CC2)CCC1. The van der Waals surface area contributed by atoms with Crippen molar-refractivity contribution in [1.29, 1.82) is 0 Å². The molecule has 0 radical (unpaired) electrons. The van der Waals surface area contributed by atoms with Gasteiger partial charge in [0.2, 0.25) is 0 Å². The van der Waals surface area contributed by atoms with Crippen LogP contribution in [0, 0.1) is 5.92 Å². The molecule has 0 aromatic heterocycles. The molecule has 2 aliphatic carbocycles. The van der Waals surface area contributed by atoms with Crippen molar-refractivity contribution in [3.05, 3.63) is 12.2 Å². The van der Waals surface area contributed by atoms with Crippen LogP contribution >= 0.6 is 0 Å². The first-order valence-electron chi connectivity index (χ1n) is 4.85. The number of nitrogens with one attached hydrogen (secondary N) is 1. The molecule has 0 aliphatic heterocycles. The quantitative estimate of drug-likeness (QED) is 0.609. The lowest BCUT2D eigenvalue weighted by molar-refractivity contribution is 0.492. The Bertz CT molecular complexity index is 147. The fourth-order valence-corrected chi connectivity index (χ4v) is 1.66. The van der Waals surface area contributed by atoms with E-state index in [-0.39, 0.29) is 0 Å². The van der Waals surface area contributed by atoms with Gasteiger partial charge in [-0.1, -0.05) is 12.2 Å². The van der Waals surface area contributed by atoms with Gasteiger partial charge in [-0.15, -0.1) is 0 Å². The van der Waals surface area contributed by atoms with E-state index < -0.39 is 0 Å². The molecular weight excluding hydrogens is 134 g/mol. The van der Waals surface area contributed by atoms with Gasteiger partial charge in [0.05, 0.1) is 0 Å². The topological polar surface area (TPSA) is 12.0 Å². The van der Waals surface area contributed by atoms with Crippen molar-refractivity contribution in [3.63, 3.8) is 0 Å². The summed E-state index contributed by atoms with van der Waals surface area (Å²) in [6.45, 7) is 1.22. The molecule has 1 nitrogen and oxygen atoms in total. The molecule has 1 saturated carbocycles. The Balaban J connectivity index is 1.67. The van der Waals surface area contributed by atoms with Crippen molar-refractivity contribution < 1.29 is 0 Å². The molecule has 1 unspecified atom stereocenters. The lowest BCUT2D eigenvalue weighted by Crippen LogP contribution is -2.24. The van der Waals surface area contributed by atoms with Gasteiger partial charge >= 0.3 is 0 Å². The zero-order chi connectivity index (χ0) is 7.52. The van der Waals surface area contributed by atoms with E-state index in [1.54, 1.807) is 0 Å². The second kappa shape index (κ2) is 3.40. The second-order valence-corrected chi connectivity index (χ2v) is 3.80. The third kappa shape index (κ3) is 2.33. The van der Waals surface area contributed by atoms with Crippen molar-refractivity contribution in [2.24, 2.45) is 5.92 Å². The minimum atomic E-state index is 0.837. The summed E-state index contributed by atoms with van der Waals surface area (Å²) in [6.07, 6.45) is 11.7.